The molecule has 140 valence electrons. The van der Waals surface area contributed by atoms with E-state index in [9.17, 15) is 19.8 Å². The summed E-state index contributed by atoms with van der Waals surface area (Å²) in [5.74, 6) is -0.407. The second kappa shape index (κ2) is 10.3. The molecule has 0 aliphatic rings. The number of phenols is 2. The smallest absolute Gasteiger partial charge is 0.240 e. The van der Waals surface area contributed by atoms with E-state index in [2.05, 4.69) is 21.1 Å². The van der Waals surface area contributed by atoms with Gasteiger partial charge in [0.25, 0.3) is 0 Å². The third kappa shape index (κ3) is 7.82. The molecule has 0 aliphatic carbocycles. The maximum Gasteiger partial charge on any atom is 0.240 e. The Morgan fingerprint density at radius 2 is 1.26 bits per heavy atom. The standard InChI is InChI=1S/C19H20N4O4/c24-16-6-1-4-14(10-16)12-20-22-18(26)8-3-9-19(27)23-21-13-15-5-2-7-17(25)11-15/h1-2,4-7,10-13,24-25H,3,8-9H2,(H,22,26)(H,23,27)/b20-12+,21-13?. The van der Waals surface area contributed by atoms with Gasteiger partial charge in [-0.05, 0) is 41.8 Å². The zero-order valence-corrected chi connectivity index (χ0v) is 14.5. The fraction of sp³-hybridized carbons (Fsp3) is 0.158. The summed E-state index contributed by atoms with van der Waals surface area (Å²) in [4.78, 5) is 23.3. The van der Waals surface area contributed by atoms with E-state index in [1.807, 2.05) is 0 Å². The number of carbonyl (C=O) groups is 2. The summed E-state index contributed by atoms with van der Waals surface area (Å²) < 4.78 is 0. The van der Waals surface area contributed by atoms with E-state index in [-0.39, 0.29) is 36.2 Å². The molecule has 0 fully saturated rings. The van der Waals surface area contributed by atoms with Crippen LogP contribution in [0.4, 0.5) is 0 Å². The van der Waals surface area contributed by atoms with Gasteiger partial charge in [-0.3, -0.25) is 9.59 Å². The van der Waals surface area contributed by atoms with E-state index < -0.39 is 0 Å². The highest BCUT2D eigenvalue weighted by atomic mass is 16.3. The first-order valence-corrected chi connectivity index (χ1v) is 8.25. The topological polar surface area (TPSA) is 123 Å². The van der Waals surface area contributed by atoms with Crippen LogP contribution in [0.15, 0.2) is 58.7 Å². The number of nitrogens with zero attached hydrogens (tertiary/aromatic N) is 2. The summed E-state index contributed by atoms with van der Waals surface area (Å²) >= 11 is 0. The van der Waals surface area contributed by atoms with Crippen LogP contribution in [0.5, 0.6) is 11.5 Å². The van der Waals surface area contributed by atoms with Crippen LogP contribution >= 0.6 is 0 Å². The van der Waals surface area contributed by atoms with Crippen LogP contribution in [-0.4, -0.2) is 34.5 Å². The number of carbonyl (C=O) groups excluding carboxylic acids is 2. The van der Waals surface area contributed by atoms with Crippen LogP contribution in [0.25, 0.3) is 0 Å². The number of hydrogen-bond acceptors (Lipinski definition) is 6. The van der Waals surface area contributed by atoms with Crippen LogP contribution < -0.4 is 10.9 Å². The molecule has 0 spiro atoms. The van der Waals surface area contributed by atoms with Crippen molar-refractivity contribution in [3.8, 4) is 11.5 Å². The molecule has 27 heavy (non-hydrogen) atoms. The van der Waals surface area contributed by atoms with E-state index in [0.717, 1.165) is 0 Å². The molecular formula is C19H20N4O4. The number of hydrazone groups is 2. The molecule has 8 heteroatoms. The van der Waals surface area contributed by atoms with E-state index in [1.165, 1.54) is 36.7 Å². The van der Waals surface area contributed by atoms with Crippen molar-refractivity contribution in [1.82, 2.24) is 10.9 Å². The summed E-state index contributed by atoms with van der Waals surface area (Å²) in [6, 6.07) is 12.9. The van der Waals surface area contributed by atoms with Gasteiger partial charge >= 0.3 is 0 Å². The quantitative estimate of drug-likeness (QED) is 0.419. The lowest BCUT2D eigenvalue weighted by atomic mass is 10.2. The molecule has 0 unspecified atom stereocenters. The number of phenolic OH excluding ortho intramolecular Hbond substituents is 2. The minimum Gasteiger partial charge on any atom is -0.508 e. The highest BCUT2D eigenvalue weighted by Gasteiger charge is 2.04. The first kappa shape index (κ1) is 19.6. The molecule has 0 aliphatic heterocycles. The van der Waals surface area contributed by atoms with Gasteiger partial charge in [0.05, 0.1) is 12.4 Å². The molecule has 0 aromatic heterocycles. The second-order valence-electron chi connectivity index (χ2n) is 5.63. The van der Waals surface area contributed by atoms with Gasteiger partial charge in [0, 0.05) is 12.8 Å². The maximum absolute atomic E-state index is 11.7. The summed E-state index contributed by atoms with van der Waals surface area (Å²) in [6.45, 7) is 0. The molecule has 2 amide bonds. The average Bonchev–Trinajstić information content (AvgIpc) is 2.62. The lowest BCUT2D eigenvalue weighted by Gasteiger charge is -2.01. The molecule has 0 bridgehead atoms. The fourth-order valence-corrected chi connectivity index (χ4v) is 2.09. The monoisotopic (exact) mass is 368 g/mol. The third-order valence-electron chi connectivity index (χ3n) is 3.35. The number of hydrogen-bond donors (Lipinski definition) is 4. The molecule has 4 N–H and O–H groups in total. The Kier molecular flexibility index (Phi) is 7.52. The number of rotatable bonds is 8. The van der Waals surface area contributed by atoms with Gasteiger partial charge in [-0.2, -0.15) is 10.2 Å². The third-order valence-corrected chi connectivity index (χ3v) is 3.35. The van der Waals surface area contributed by atoms with Gasteiger partial charge in [0.2, 0.25) is 11.8 Å². The Morgan fingerprint density at radius 3 is 1.67 bits per heavy atom. The number of amides is 2. The van der Waals surface area contributed by atoms with E-state index in [1.54, 1.807) is 24.3 Å². The Hall–Kier alpha value is -3.68. The Balaban J connectivity index is 1.63. The van der Waals surface area contributed by atoms with Gasteiger partial charge in [-0.25, -0.2) is 10.9 Å². The van der Waals surface area contributed by atoms with Crippen molar-refractivity contribution in [2.75, 3.05) is 0 Å². The van der Waals surface area contributed by atoms with Crippen LogP contribution in [0.1, 0.15) is 30.4 Å². The predicted octanol–water partition coefficient (Wildman–Crippen LogP) is 1.87. The summed E-state index contributed by atoms with van der Waals surface area (Å²) in [6.07, 6.45) is 3.46. The molecule has 2 rings (SSSR count). The summed E-state index contributed by atoms with van der Waals surface area (Å²) in [7, 11) is 0. The molecule has 0 atom stereocenters. The van der Waals surface area contributed by atoms with Gasteiger partial charge in [0.15, 0.2) is 0 Å². The minimum absolute atomic E-state index is 0.114. The number of nitrogens with one attached hydrogen (secondary N) is 2. The normalized spacial score (nSPS) is 11.0. The largest absolute Gasteiger partial charge is 0.508 e. The SMILES string of the molecule is O=C(CCCC(=O)N/N=C/c1cccc(O)c1)NN=Cc1cccc(O)c1. The molecule has 8 nitrogen and oxygen atoms in total. The molecule has 0 saturated heterocycles. The molecular weight excluding hydrogens is 348 g/mol. The Bertz CT molecular complexity index is 780. The minimum atomic E-state index is -0.317. The van der Waals surface area contributed by atoms with Crippen LogP contribution in [-0.2, 0) is 9.59 Å². The fourth-order valence-electron chi connectivity index (χ4n) is 2.09. The van der Waals surface area contributed by atoms with Gasteiger partial charge in [-0.1, -0.05) is 24.3 Å². The van der Waals surface area contributed by atoms with Crippen molar-refractivity contribution in [3.63, 3.8) is 0 Å². The highest BCUT2D eigenvalue weighted by Crippen LogP contribution is 2.09. The van der Waals surface area contributed by atoms with Crippen molar-refractivity contribution in [1.29, 1.82) is 0 Å². The summed E-state index contributed by atoms with van der Waals surface area (Å²) in [5.41, 5.74) is 6.02. The highest BCUT2D eigenvalue weighted by molar-refractivity contribution is 5.84. The van der Waals surface area contributed by atoms with Crippen LogP contribution in [0, 0.1) is 0 Å². The van der Waals surface area contributed by atoms with Crippen molar-refractivity contribution in [2.45, 2.75) is 19.3 Å². The zero-order chi connectivity index (χ0) is 19.5. The molecule has 2 aromatic carbocycles. The Labute approximate surface area is 156 Å². The van der Waals surface area contributed by atoms with Gasteiger partial charge in [0.1, 0.15) is 11.5 Å². The lowest BCUT2D eigenvalue weighted by molar-refractivity contribution is -0.122. The molecule has 0 radical (unpaired) electrons. The first-order chi connectivity index (χ1) is 13.0. The molecule has 2 aromatic rings. The van der Waals surface area contributed by atoms with Crippen molar-refractivity contribution >= 4 is 24.2 Å². The summed E-state index contributed by atoms with van der Waals surface area (Å²) in [5, 5.41) is 26.2. The van der Waals surface area contributed by atoms with Crippen molar-refractivity contribution in [3.05, 3.63) is 59.7 Å². The maximum atomic E-state index is 11.7. The second-order valence-corrected chi connectivity index (χ2v) is 5.63. The molecule has 0 saturated carbocycles. The predicted molar refractivity (Wildman–Crippen MR) is 102 cm³/mol. The van der Waals surface area contributed by atoms with Crippen LogP contribution in [0.3, 0.4) is 0 Å². The number of benzene rings is 2. The van der Waals surface area contributed by atoms with Crippen molar-refractivity contribution in [2.24, 2.45) is 10.2 Å². The van der Waals surface area contributed by atoms with Gasteiger partial charge in [-0.15, -0.1) is 0 Å². The van der Waals surface area contributed by atoms with Gasteiger partial charge < -0.3 is 10.2 Å². The first-order valence-electron chi connectivity index (χ1n) is 8.25. The van der Waals surface area contributed by atoms with Crippen LogP contribution in [0.2, 0.25) is 0 Å². The average molecular weight is 368 g/mol. The van der Waals surface area contributed by atoms with E-state index in [0.29, 0.717) is 17.5 Å². The number of aromatic hydroxyl groups is 2. The Morgan fingerprint density at radius 1 is 0.815 bits per heavy atom. The lowest BCUT2D eigenvalue weighted by Crippen LogP contribution is -2.20. The zero-order valence-electron chi connectivity index (χ0n) is 14.5. The van der Waals surface area contributed by atoms with E-state index >= 15 is 0 Å². The van der Waals surface area contributed by atoms with Crippen molar-refractivity contribution < 1.29 is 19.8 Å². The van der Waals surface area contributed by atoms with E-state index in [4.69, 9.17) is 0 Å². The molecule has 0 heterocycles.